The standard InChI is InChI=1S/C23H27FN2O6/c1-32-20-17-14(19(28)15(22(30)31)10-26(17)13-2-3-13)8-16(24)18(20)25-7-4-12(9-25)21(29)23(11-27)5-6-23/h8,10,12-13,21,27,29H,2-7,9,11H2,1H3,(H,30,31). The number of carboxylic acid groups (broad SMARTS) is 1. The molecule has 9 heteroatoms. The Balaban J connectivity index is 1.61. The van der Waals surface area contributed by atoms with E-state index in [1.54, 1.807) is 4.57 Å². The number of ether oxygens (including phenoxy) is 1. The SMILES string of the molecule is COc1c(N2CCC(C(O)C3(CO)CC3)C2)c(F)cc2c(=O)c(C(=O)O)cn(C3CC3)c12. The van der Waals surface area contributed by atoms with Crippen molar-refractivity contribution in [2.75, 3.05) is 31.7 Å². The summed E-state index contributed by atoms with van der Waals surface area (Å²) in [7, 11) is 1.41. The Labute approximate surface area is 183 Å². The summed E-state index contributed by atoms with van der Waals surface area (Å²) in [4.78, 5) is 26.2. The average Bonchev–Trinajstić information content (AvgIpc) is 3.70. The molecule has 0 amide bonds. The van der Waals surface area contributed by atoms with Crippen LogP contribution in [0.5, 0.6) is 5.75 Å². The number of carbonyl (C=O) groups is 1. The van der Waals surface area contributed by atoms with Gasteiger partial charge in [-0.2, -0.15) is 0 Å². The van der Waals surface area contributed by atoms with Gasteiger partial charge in [-0.3, -0.25) is 4.79 Å². The fourth-order valence-electron chi connectivity index (χ4n) is 5.18. The van der Waals surface area contributed by atoms with Gasteiger partial charge in [0, 0.05) is 36.7 Å². The average molecular weight is 446 g/mol. The van der Waals surface area contributed by atoms with Gasteiger partial charge in [0.15, 0.2) is 11.6 Å². The number of hydrogen-bond donors (Lipinski definition) is 3. The van der Waals surface area contributed by atoms with Crippen LogP contribution in [0, 0.1) is 17.2 Å². The molecule has 0 radical (unpaired) electrons. The number of aromatic nitrogens is 1. The van der Waals surface area contributed by atoms with Crippen molar-refractivity contribution in [3.8, 4) is 5.75 Å². The molecule has 3 N–H and O–H groups in total. The molecule has 2 aliphatic carbocycles. The van der Waals surface area contributed by atoms with E-state index in [1.165, 1.54) is 13.3 Å². The highest BCUT2D eigenvalue weighted by atomic mass is 19.1. The molecule has 1 aromatic heterocycles. The number of fused-ring (bicyclic) bond motifs is 1. The van der Waals surface area contributed by atoms with Crippen LogP contribution in [-0.4, -0.2) is 58.8 Å². The van der Waals surface area contributed by atoms with E-state index in [-0.39, 0.29) is 41.0 Å². The van der Waals surface area contributed by atoms with E-state index in [4.69, 9.17) is 4.74 Å². The molecule has 0 spiro atoms. The molecule has 8 nitrogen and oxygen atoms in total. The summed E-state index contributed by atoms with van der Waals surface area (Å²) in [6, 6.07) is 1.15. The third kappa shape index (κ3) is 3.17. The largest absolute Gasteiger partial charge is 0.492 e. The normalized spacial score (nSPS) is 22.9. The number of aliphatic hydroxyl groups excluding tert-OH is 2. The van der Waals surface area contributed by atoms with E-state index in [0.717, 1.165) is 31.7 Å². The van der Waals surface area contributed by atoms with Crippen LogP contribution in [-0.2, 0) is 0 Å². The highest BCUT2D eigenvalue weighted by Gasteiger charge is 2.52. The van der Waals surface area contributed by atoms with Crippen LogP contribution in [0.3, 0.4) is 0 Å². The van der Waals surface area contributed by atoms with E-state index < -0.39 is 28.7 Å². The number of nitrogens with zero attached hydrogens (tertiary/aromatic N) is 2. The maximum Gasteiger partial charge on any atom is 0.341 e. The number of benzene rings is 1. The molecule has 3 aliphatic rings. The predicted octanol–water partition coefficient (Wildman–Crippen LogP) is 2.14. The molecule has 2 heterocycles. The number of methoxy groups -OCH3 is 1. The Morgan fingerprint density at radius 1 is 1.34 bits per heavy atom. The Bertz CT molecular complexity index is 1150. The van der Waals surface area contributed by atoms with Gasteiger partial charge in [-0.05, 0) is 38.2 Å². The lowest BCUT2D eigenvalue weighted by Crippen LogP contribution is -2.35. The second-order valence-corrected chi connectivity index (χ2v) is 9.41. The zero-order valence-corrected chi connectivity index (χ0v) is 17.9. The van der Waals surface area contributed by atoms with Crippen LogP contribution in [0.25, 0.3) is 10.9 Å². The van der Waals surface area contributed by atoms with E-state index >= 15 is 4.39 Å². The highest BCUT2D eigenvalue weighted by molar-refractivity contribution is 5.97. The van der Waals surface area contributed by atoms with Gasteiger partial charge in [0.2, 0.25) is 5.43 Å². The molecule has 5 rings (SSSR count). The second-order valence-electron chi connectivity index (χ2n) is 9.41. The first-order valence-corrected chi connectivity index (χ1v) is 11.0. The van der Waals surface area contributed by atoms with Gasteiger partial charge in [-0.25, -0.2) is 9.18 Å². The number of rotatable bonds is 7. The first-order chi connectivity index (χ1) is 15.3. The van der Waals surface area contributed by atoms with Gasteiger partial charge in [-0.1, -0.05) is 0 Å². The number of aromatic carboxylic acids is 1. The predicted molar refractivity (Wildman–Crippen MR) is 115 cm³/mol. The van der Waals surface area contributed by atoms with Crippen molar-refractivity contribution < 1.29 is 29.2 Å². The van der Waals surface area contributed by atoms with Crippen molar-refractivity contribution in [3.63, 3.8) is 0 Å². The zero-order valence-electron chi connectivity index (χ0n) is 17.9. The molecule has 1 saturated heterocycles. The lowest BCUT2D eigenvalue weighted by molar-refractivity contribution is 0.0139. The van der Waals surface area contributed by atoms with Crippen LogP contribution in [0.1, 0.15) is 48.5 Å². The zero-order chi connectivity index (χ0) is 22.8. The summed E-state index contributed by atoms with van der Waals surface area (Å²) in [5.41, 5.74) is -0.935. The molecule has 2 unspecified atom stereocenters. The van der Waals surface area contributed by atoms with E-state index in [9.17, 15) is 24.9 Å². The van der Waals surface area contributed by atoms with E-state index in [1.807, 2.05) is 4.90 Å². The highest BCUT2D eigenvalue weighted by Crippen LogP contribution is 2.52. The topological polar surface area (TPSA) is 112 Å². The maximum absolute atomic E-state index is 15.4. The minimum absolute atomic E-state index is 0.0112. The molecular weight excluding hydrogens is 419 g/mol. The fraction of sp³-hybridized carbons (Fsp3) is 0.565. The molecule has 1 aliphatic heterocycles. The van der Waals surface area contributed by atoms with Crippen molar-refractivity contribution in [1.82, 2.24) is 4.57 Å². The molecular formula is C23H27FN2O6. The van der Waals surface area contributed by atoms with Gasteiger partial charge < -0.3 is 29.5 Å². The Morgan fingerprint density at radius 3 is 2.62 bits per heavy atom. The molecule has 2 aromatic rings. The minimum Gasteiger partial charge on any atom is -0.492 e. The molecule has 2 saturated carbocycles. The molecule has 172 valence electrons. The summed E-state index contributed by atoms with van der Waals surface area (Å²) in [6.45, 7) is 0.851. The number of aliphatic hydroxyl groups is 2. The number of pyridine rings is 1. The third-order valence-electron chi connectivity index (χ3n) is 7.39. The minimum atomic E-state index is -1.34. The Hall–Kier alpha value is -2.65. The van der Waals surface area contributed by atoms with E-state index in [0.29, 0.717) is 25.0 Å². The lowest BCUT2D eigenvalue weighted by Gasteiger charge is -2.28. The van der Waals surface area contributed by atoms with Crippen molar-refractivity contribution in [1.29, 1.82) is 0 Å². The second kappa shape index (κ2) is 7.45. The fourth-order valence-corrected chi connectivity index (χ4v) is 5.18. The van der Waals surface area contributed by atoms with Crippen molar-refractivity contribution in [3.05, 3.63) is 33.9 Å². The molecule has 0 bridgehead atoms. The smallest absolute Gasteiger partial charge is 0.341 e. The van der Waals surface area contributed by atoms with Crippen LogP contribution in [0.4, 0.5) is 10.1 Å². The summed E-state index contributed by atoms with van der Waals surface area (Å²) in [6.07, 6.45) is 4.58. The van der Waals surface area contributed by atoms with Crippen molar-refractivity contribution in [2.24, 2.45) is 11.3 Å². The first kappa shape index (κ1) is 21.2. The first-order valence-electron chi connectivity index (χ1n) is 11.0. The van der Waals surface area contributed by atoms with E-state index in [2.05, 4.69) is 0 Å². The van der Waals surface area contributed by atoms with Gasteiger partial charge in [0.1, 0.15) is 11.3 Å². The van der Waals surface area contributed by atoms with Crippen LogP contribution in [0.15, 0.2) is 17.1 Å². The lowest BCUT2D eigenvalue weighted by atomic mass is 9.88. The number of hydrogen-bond acceptors (Lipinski definition) is 6. The molecule has 2 atom stereocenters. The Morgan fingerprint density at radius 2 is 2.06 bits per heavy atom. The summed E-state index contributed by atoms with van der Waals surface area (Å²) in [5, 5.41) is 29.9. The van der Waals surface area contributed by atoms with Crippen LogP contribution in [0.2, 0.25) is 0 Å². The number of carboxylic acids is 1. The quantitative estimate of drug-likeness (QED) is 0.597. The van der Waals surface area contributed by atoms with Gasteiger partial charge >= 0.3 is 5.97 Å². The number of halogens is 1. The summed E-state index contributed by atoms with van der Waals surface area (Å²) >= 11 is 0. The number of anilines is 1. The van der Waals surface area contributed by atoms with Gasteiger partial charge in [-0.15, -0.1) is 0 Å². The van der Waals surface area contributed by atoms with Crippen molar-refractivity contribution in [2.45, 2.75) is 44.2 Å². The molecule has 3 fully saturated rings. The van der Waals surface area contributed by atoms with Gasteiger partial charge in [0.05, 0.1) is 30.7 Å². The monoisotopic (exact) mass is 446 g/mol. The van der Waals surface area contributed by atoms with Crippen molar-refractivity contribution >= 4 is 22.6 Å². The molecule has 1 aromatic carbocycles. The Kier molecular flexibility index (Phi) is 4.94. The van der Waals surface area contributed by atoms with Gasteiger partial charge in [0.25, 0.3) is 0 Å². The summed E-state index contributed by atoms with van der Waals surface area (Å²) < 4.78 is 22.8. The molecule has 32 heavy (non-hydrogen) atoms. The maximum atomic E-state index is 15.4. The third-order valence-corrected chi connectivity index (χ3v) is 7.39. The van der Waals surface area contributed by atoms with Crippen LogP contribution >= 0.6 is 0 Å². The summed E-state index contributed by atoms with van der Waals surface area (Å²) in [5.74, 6) is -1.90. The van der Waals surface area contributed by atoms with Crippen LogP contribution < -0.4 is 15.1 Å².